The summed E-state index contributed by atoms with van der Waals surface area (Å²) >= 11 is 6.24. The van der Waals surface area contributed by atoms with Crippen LogP contribution >= 0.6 is 11.6 Å². The van der Waals surface area contributed by atoms with E-state index in [1.165, 1.54) is 12.1 Å². The van der Waals surface area contributed by atoms with Crippen molar-refractivity contribution in [3.63, 3.8) is 0 Å². The summed E-state index contributed by atoms with van der Waals surface area (Å²) in [6.45, 7) is 3.31. The number of fused-ring (bicyclic) bond motifs is 1. The molecule has 6 heteroatoms. The minimum atomic E-state index is -1.00. The van der Waals surface area contributed by atoms with Gasteiger partial charge in [0.05, 0.1) is 0 Å². The second kappa shape index (κ2) is 9.55. The van der Waals surface area contributed by atoms with Crippen molar-refractivity contribution in [3.8, 4) is 0 Å². The first-order valence-electron chi connectivity index (χ1n) is 10.5. The molecule has 1 heterocycles. The van der Waals surface area contributed by atoms with Crippen LogP contribution < -0.4 is 5.32 Å². The van der Waals surface area contributed by atoms with Crippen molar-refractivity contribution in [2.45, 2.75) is 26.4 Å². The number of aryl methyl sites for hydroxylation is 1. The number of aromatic nitrogens is 1. The first kappa shape index (κ1) is 22.1. The molecule has 0 aliphatic carbocycles. The quantitative estimate of drug-likeness (QED) is 0.332. The van der Waals surface area contributed by atoms with Crippen LogP contribution in [0.1, 0.15) is 32.7 Å². The predicted molar refractivity (Wildman–Crippen MR) is 126 cm³/mol. The van der Waals surface area contributed by atoms with E-state index in [4.69, 9.17) is 11.6 Å². The summed E-state index contributed by atoms with van der Waals surface area (Å²) < 4.78 is 15.5. The monoisotopic (exact) mass is 450 g/mol. The van der Waals surface area contributed by atoms with Crippen LogP contribution in [0.5, 0.6) is 0 Å². The van der Waals surface area contributed by atoms with Gasteiger partial charge in [-0.1, -0.05) is 54.1 Å². The van der Waals surface area contributed by atoms with Gasteiger partial charge >= 0.3 is 5.97 Å². The van der Waals surface area contributed by atoms with E-state index in [1.807, 2.05) is 49.4 Å². The number of rotatable bonds is 8. The molecule has 0 saturated heterocycles. The van der Waals surface area contributed by atoms with Gasteiger partial charge in [-0.3, -0.25) is 0 Å². The zero-order valence-electron chi connectivity index (χ0n) is 17.7. The molecule has 0 aliphatic rings. The highest BCUT2D eigenvalue weighted by Crippen LogP contribution is 2.29. The van der Waals surface area contributed by atoms with Crippen molar-refractivity contribution in [2.75, 3.05) is 6.54 Å². The highest BCUT2D eigenvalue weighted by molar-refractivity contribution is 6.31. The van der Waals surface area contributed by atoms with Gasteiger partial charge in [-0.15, -0.1) is 0 Å². The van der Waals surface area contributed by atoms with Gasteiger partial charge in [-0.2, -0.15) is 0 Å². The van der Waals surface area contributed by atoms with E-state index in [0.29, 0.717) is 18.7 Å². The van der Waals surface area contributed by atoms with Gasteiger partial charge in [0.15, 0.2) is 0 Å². The maximum atomic E-state index is 13.7. The Balaban J connectivity index is 1.66. The Labute approximate surface area is 191 Å². The molecule has 32 heavy (non-hydrogen) atoms. The minimum absolute atomic E-state index is 0.222. The number of hydrogen-bond donors (Lipinski definition) is 2. The van der Waals surface area contributed by atoms with E-state index in [1.54, 1.807) is 16.7 Å². The van der Waals surface area contributed by atoms with Gasteiger partial charge in [0.25, 0.3) is 0 Å². The van der Waals surface area contributed by atoms with Crippen molar-refractivity contribution in [1.82, 2.24) is 9.88 Å². The fourth-order valence-electron chi connectivity index (χ4n) is 4.07. The number of hydrogen-bond acceptors (Lipinski definition) is 2. The Morgan fingerprint density at radius 2 is 1.91 bits per heavy atom. The summed E-state index contributed by atoms with van der Waals surface area (Å²) in [7, 11) is 0. The molecule has 0 bridgehead atoms. The van der Waals surface area contributed by atoms with E-state index in [9.17, 15) is 14.3 Å². The van der Waals surface area contributed by atoms with Gasteiger partial charge < -0.3 is 15.0 Å². The Bertz CT molecular complexity index is 1280. The van der Waals surface area contributed by atoms with Crippen molar-refractivity contribution in [2.24, 2.45) is 0 Å². The summed E-state index contributed by atoms with van der Waals surface area (Å²) in [6.07, 6.45) is 0.739. The van der Waals surface area contributed by atoms with Crippen LogP contribution in [-0.2, 0) is 19.5 Å². The Morgan fingerprint density at radius 1 is 1.09 bits per heavy atom. The summed E-state index contributed by atoms with van der Waals surface area (Å²) in [5, 5.41) is 15.1. The molecule has 0 spiro atoms. The van der Waals surface area contributed by atoms with Crippen LogP contribution in [-0.4, -0.2) is 22.2 Å². The van der Waals surface area contributed by atoms with Crippen molar-refractivity contribution in [1.29, 1.82) is 0 Å². The van der Waals surface area contributed by atoms with Crippen LogP contribution in [0, 0.1) is 12.7 Å². The van der Waals surface area contributed by atoms with Crippen LogP contribution in [0.25, 0.3) is 10.9 Å². The molecule has 4 rings (SSSR count). The zero-order valence-corrected chi connectivity index (χ0v) is 18.5. The molecule has 1 aromatic heterocycles. The molecule has 0 fully saturated rings. The van der Waals surface area contributed by atoms with E-state index >= 15 is 0 Å². The molecular formula is C26H24ClFN2O2. The molecule has 2 N–H and O–H groups in total. The minimum Gasteiger partial charge on any atom is -0.477 e. The maximum Gasteiger partial charge on any atom is 0.352 e. The maximum absolute atomic E-state index is 13.7. The number of benzene rings is 3. The molecule has 0 unspecified atom stereocenters. The first-order chi connectivity index (χ1) is 15.4. The predicted octanol–water partition coefficient (Wildman–Crippen LogP) is 5.82. The normalized spacial score (nSPS) is 11.2. The molecule has 0 amide bonds. The molecule has 0 atom stereocenters. The van der Waals surface area contributed by atoms with Crippen LogP contribution in [0.15, 0.2) is 66.7 Å². The van der Waals surface area contributed by atoms with Crippen molar-refractivity contribution < 1.29 is 14.3 Å². The number of nitrogens with one attached hydrogen (secondary N) is 1. The number of nitrogens with zero attached hydrogens (tertiary/aromatic N) is 1. The summed E-state index contributed by atoms with van der Waals surface area (Å²) in [5.74, 6) is -1.34. The first-order valence-corrected chi connectivity index (χ1v) is 10.9. The average Bonchev–Trinajstić information content (AvgIpc) is 3.05. The van der Waals surface area contributed by atoms with E-state index in [-0.39, 0.29) is 18.1 Å². The molecule has 3 aromatic carbocycles. The average molecular weight is 451 g/mol. The molecule has 0 radical (unpaired) electrons. The molecule has 164 valence electrons. The van der Waals surface area contributed by atoms with E-state index in [2.05, 4.69) is 5.32 Å². The molecular weight excluding hydrogens is 427 g/mol. The molecule has 4 nitrogen and oxygen atoms in total. The molecule has 4 aromatic rings. The number of carboxylic acid groups (broad SMARTS) is 1. The highest BCUT2D eigenvalue weighted by atomic mass is 35.5. The highest BCUT2D eigenvalue weighted by Gasteiger charge is 2.22. The second-order valence-electron chi connectivity index (χ2n) is 7.89. The van der Waals surface area contributed by atoms with Gasteiger partial charge in [0.1, 0.15) is 11.5 Å². The van der Waals surface area contributed by atoms with E-state index < -0.39 is 5.97 Å². The van der Waals surface area contributed by atoms with Crippen molar-refractivity contribution >= 4 is 28.5 Å². The van der Waals surface area contributed by atoms with Gasteiger partial charge in [0.2, 0.25) is 0 Å². The zero-order chi connectivity index (χ0) is 22.7. The lowest BCUT2D eigenvalue weighted by molar-refractivity contribution is 0.0684. The van der Waals surface area contributed by atoms with E-state index in [0.717, 1.165) is 39.0 Å². The Hall–Kier alpha value is -3.15. The van der Waals surface area contributed by atoms with Crippen LogP contribution in [0.4, 0.5) is 4.39 Å². The fraction of sp³-hybridized carbons (Fsp3) is 0.192. The summed E-state index contributed by atoms with van der Waals surface area (Å²) in [5.41, 5.74) is 4.57. The lowest BCUT2D eigenvalue weighted by Crippen LogP contribution is -2.19. The third-order valence-corrected chi connectivity index (χ3v) is 5.96. The Kier molecular flexibility index (Phi) is 6.58. The lowest BCUT2D eigenvalue weighted by Gasteiger charge is -2.10. The summed E-state index contributed by atoms with van der Waals surface area (Å²) in [4.78, 5) is 12.3. The van der Waals surface area contributed by atoms with Crippen LogP contribution in [0.3, 0.4) is 0 Å². The lowest BCUT2D eigenvalue weighted by atomic mass is 10.1. The van der Waals surface area contributed by atoms with Crippen molar-refractivity contribution in [3.05, 3.63) is 106 Å². The number of carboxylic acids is 1. The van der Waals surface area contributed by atoms with Crippen LogP contribution in [0.2, 0.25) is 5.02 Å². The van der Waals surface area contributed by atoms with Gasteiger partial charge in [-0.25, -0.2) is 9.18 Å². The largest absolute Gasteiger partial charge is 0.477 e. The van der Waals surface area contributed by atoms with Gasteiger partial charge in [-0.05, 0) is 60.8 Å². The number of aromatic carboxylic acids is 1. The standard InChI is InChI=1S/C26H24ClFN2O2/c1-17-9-10-21-22(15-29-12-11-19-6-2-3-8-23(19)27)25(26(31)32)30(24(21)13-17)16-18-5-4-7-20(28)14-18/h2-10,13-14,29H,11-12,15-16H2,1H3,(H,31,32). The number of carbonyl (C=O) groups is 1. The Morgan fingerprint density at radius 3 is 2.66 bits per heavy atom. The second-order valence-corrected chi connectivity index (χ2v) is 8.29. The third kappa shape index (κ3) is 4.69. The third-order valence-electron chi connectivity index (χ3n) is 5.59. The topological polar surface area (TPSA) is 54.3 Å². The van der Waals surface area contributed by atoms with Gasteiger partial charge in [0, 0.05) is 34.6 Å². The SMILES string of the molecule is Cc1ccc2c(CNCCc3ccccc3Cl)c(C(=O)O)n(Cc3cccc(F)c3)c2c1. The number of halogens is 2. The molecule has 0 aliphatic heterocycles. The summed E-state index contributed by atoms with van der Waals surface area (Å²) in [6, 6.07) is 19.9. The fourth-order valence-corrected chi connectivity index (χ4v) is 4.30. The molecule has 0 saturated carbocycles. The smallest absolute Gasteiger partial charge is 0.352 e.